The van der Waals surface area contributed by atoms with Gasteiger partial charge in [-0.1, -0.05) is 25.6 Å². The van der Waals surface area contributed by atoms with Crippen LogP contribution < -0.4 is 0 Å². The summed E-state index contributed by atoms with van der Waals surface area (Å²) in [5.74, 6) is -0.328. The number of hydrogen-bond donors (Lipinski definition) is 0. The maximum absolute atomic E-state index is 13.3. The molecule has 0 amide bonds. The molecule has 0 saturated heterocycles. The van der Waals surface area contributed by atoms with Crippen molar-refractivity contribution in [1.29, 1.82) is 0 Å². The fourth-order valence-electron chi connectivity index (χ4n) is 2.57. The molecule has 0 N–H and O–H groups in total. The quantitative estimate of drug-likeness (QED) is 0.484. The number of aromatic nitrogens is 4. The summed E-state index contributed by atoms with van der Waals surface area (Å²) in [5.41, 5.74) is 2.29. The van der Waals surface area contributed by atoms with Gasteiger partial charge in [0.05, 0.1) is 29.9 Å². The van der Waals surface area contributed by atoms with Crippen molar-refractivity contribution in [2.75, 3.05) is 12.4 Å². The number of benzene rings is 1. The molecule has 2 heterocycles. The normalized spacial score (nSPS) is 11.3. The molecule has 26 heavy (non-hydrogen) atoms. The van der Waals surface area contributed by atoms with Gasteiger partial charge in [0.15, 0.2) is 0 Å². The Hall–Kier alpha value is -2.48. The van der Waals surface area contributed by atoms with Crippen molar-refractivity contribution < 1.29 is 13.9 Å². The molecule has 0 unspecified atom stereocenters. The second kappa shape index (κ2) is 7.82. The van der Waals surface area contributed by atoms with Crippen molar-refractivity contribution in [3.8, 4) is 5.69 Å². The van der Waals surface area contributed by atoms with E-state index in [-0.39, 0.29) is 23.5 Å². The lowest BCUT2D eigenvalue weighted by atomic mass is 10.1. The number of nitrogens with zero attached hydrogens (tertiary/aromatic N) is 4. The second-order valence-electron chi connectivity index (χ2n) is 5.93. The molecule has 0 atom stereocenters. The van der Waals surface area contributed by atoms with Gasteiger partial charge in [0.25, 0.3) is 0 Å². The molecule has 3 rings (SSSR count). The smallest absolute Gasteiger partial charge is 0.316 e. The van der Waals surface area contributed by atoms with Gasteiger partial charge in [-0.05, 0) is 37.1 Å². The van der Waals surface area contributed by atoms with Crippen molar-refractivity contribution in [2.24, 2.45) is 0 Å². The number of halogens is 1. The molecular weight excluding hydrogens is 355 g/mol. The number of rotatable bonds is 6. The molecule has 8 heteroatoms. The molecule has 6 nitrogen and oxygen atoms in total. The maximum Gasteiger partial charge on any atom is 0.316 e. The Balaban J connectivity index is 2.09. The fourth-order valence-corrected chi connectivity index (χ4v) is 3.34. The van der Waals surface area contributed by atoms with Gasteiger partial charge < -0.3 is 4.74 Å². The molecule has 0 bridgehead atoms. The van der Waals surface area contributed by atoms with Crippen LogP contribution in [0.5, 0.6) is 0 Å². The lowest BCUT2D eigenvalue weighted by Gasteiger charge is -2.10. The van der Waals surface area contributed by atoms with Crippen LogP contribution in [0, 0.1) is 5.82 Å². The molecule has 0 aliphatic carbocycles. The zero-order valence-electron chi connectivity index (χ0n) is 14.8. The third kappa shape index (κ3) is 3.70. The number of carbonyl (C=O) groups excluding carboxylic acids is 1. The molecule has 0 aliphatic heterocycles. The van der Waals surface area contributed by atoms with Gasteiger partial charge in [0, 0.05) is 5.39 Å². The van der Waals surface area contributed by atoms with Crippen LogP contribution >= 0.6 is 11.8 Å². The Morgan fingerprint density at radius 3 is 2.65 bits per heavy atom. The Morgan fingerprint density at radius 2 is 2.00 bits per heavy atom. The van der Waals surface area contributed by atoms with Crippen molar-refractivity contribution in [1.82, 2.24) is 20.0 Å². The molecule has 0 spiro atoms. The largest absolute Gasteiger partial charge is 0.465 e. The van der Waals surface area contributed by atoms with E-state index in [1.54, 1.807) is 29.9 Å². The molecular formula is C18H19FN4O2S. The number of thioether (sulfide) groups is 1. The summed E-state index contributed by atoms with van der Waals surface area (Å²) in [6.45, 7) is 6.16. The van der Waals surface area contributed by atoms with Crippen LogP contribution in [0.25, 0.3) is 16.6 Å². The number of hydrogen-bond acceptors (Lipinski definition) is 6. The average Bonchev–Trinajstić information content (AvgIpc) is 3.05. The van der Waals surface area contributed by atoms with E-state index in [1.165, 1.54) is 23.9 Å². The van der Waals surface area contributed by atoms with E-state index in [0.717, 1.165) is 16.6 Å². The van der Waals surface area contributed by atoms with Crippen LogP contribution in [-0.2, 0) is 9.53 Å². The summed E-state index contributed by atoms with van der Waals surface area (Å²) in [7, 11) is 0. The highest BCUT2D eigenvalue weighted by Gasteiger charge is 2.19. The summed E-state index contributed by atoms with van der Waals surface area (Å²) in [5, 5.41) is 14.5. The topological polar surface area (TPSA) is 69.9 Å². The van der Waals surface area contributed by atoms with Crippen LogP contribution in [0.3, 0.4) is 0 Å². The lowest BCUT2D eigenvalue weighted by Crippen LogP contribution is -2.08. The fraction of sp³-hybridized carbons (Fsp3) is 0.333. The second-order valence-corrected chi connectivity index (χ2v) is 6.90. The van der Waals surface area contributed by atoms with Gasteiger partial charge in [-0.15, -0.1) is 5.10 Å². The van der Waals surface area contributed by atoms with Gasteiger partial charge in [-0.25, -0.2) is 9.07 Å². The minimum Gasteiger partial charge on any atom is -0.465 e. The van der Waals surface area contributed by atoms with Crippen molar-refractivity contribution in [2.45, 2.75) is 31.7 Å². The number of esters is 1. The monoisotopic (exact) mass is 374 g/mol. The zero-order valence-corrected chi connectivity index (χ0v) is 15.6. The summed E-state index contributed by atoms with van der Waals surface area (Å²) in [4.78, 5) is 11.7. The molecule has 2 aromatic heterocycles. The predicted molar refractivity (Wildman–Crippen MR) is 98.1 cm³/mol. The Labute approximate surface area is 154 Å². The molecule has 136 valence electrons. The van der Waals surface area contributed by atoms with Gasteiger partial charge >= 0.3 is 5.97 Å². The Morgan fingerprint density at radius 1 is 1.27 bits per heavy atom. The maximum atomic E-state index is 13.3. The molecule has 0 aliphatic rings. The summed E-state index contributed by atoms with van der Waals surface area (Å²) >= 11 is 1.25. The highest BCUT2D eigenvalue weighted by molar-refractivity contribution is 8.00. The highest BCUT2D eigenvalue weighted by atomic mass is 32.2. The van der Waals surface area contributed by atoms with Crippen molar-refractivity contribution in [3.05, 3.63) is 42.0 Å². The lowest BCUT2D eigenvalue weighted by molar-refractivity contribution is -0.139. The molecule has 0 saturated carbocycles. The molecule has 1 aromatic carbocycles. The first-order valence-corrected chi connectivity index (χ1v) is 9.28. The van der Waals surface area contributed by atoms with E-state index < -0.39 is 0 Å². The van der Waals surface area contributed by atoms with E-state index in [1.807, 2.05) is 13.8 Å². The summed E-state index contributed by atoms with van der Waals surface area (Å²) < 4.78 is 19.9. The Bertz CT molecular complexity index is 925. The van der Waals surface area contributed by atoms with E-state index in [2.05, 4.69) is 15.3 Å². The van der Waals surface area contributed by atoms with Crippen LogP contribution in [0.1, 0.15) is 32.4 Å². The highest BCUT2D eigenvalue weighted by Crippen LogP contribution is 2.31. The minimum atomic E-state index is -0.315. The van der Waals surface area contributed by atoms with Crippen LogP contribution in [0.2, 0.25) is 0 Å². The van der Waals surface area contributed by atoms with Gasteiger partial charge in [-0.3, -0.25) is 4.79 Å². The summed E-state index contributed by atoms with van der Waals surface area (Å²) in [6.07, 6.45) is 1.73. The first-order valence-electron chi connectivity index (χ1n) is 8.30. The molecule has 0 fully saturated rings. The third-order valence-corrected chi connectivity index (χ3v) is 4.67. The van der Waals surface area contributed by atoms with E-state index >= 15 is 0 Å². The van der Waals surface area contributed by atoms with Gasteiger partial charge in [0.1, 0.15) is 16.4 Å². The zero-order chi connectivity index (χ0) is 18.7. The number of carbonyl (C=O) groups is 1. The van der Waals surface area contributed by atoms with Crippen molar-refractivity contribution in [3.63, 3.8) is 0 Å². The minimum absolute atomic E-state index is 0.132. The molecule has 3 aromatic rings. The van der Waals surface area contributed by atoms with Crippen LogP contribution in [0.4, 0.5) is 4.39 Å². The van der Waals surface area contributed by atoms with E-state index in [0.29, 0.717) is 17.3 Å². The average molecular weight is 374 g/mol. The van der Waals surface area contributed by atoms with Crippen molar-refractivity contribution >= 4 is 28.6 Å². The first-order chi connectivity index (χ1) is 12.5. The first kappa shape index (κ1) is 18.3. The molecule has 0 radical (unpaired) electrons. The standard InChI is InChI=1S/C18H19FN4O2S/c1-4-25-15(24)10-26-18-17-14(16(11(2)3)21-22-18)9-20-23(17)13-7-5-12(19)6-8-13/h5-9,11H,4,10H2,1-3H3. The third-order valence-electron chi connectivity index (χ3n) is 3.75. The number of ether oxygens (including phenoxy) is 1. The summed E-state index contributed by atoms with van der Waals surface area (Å²) in [6, 6.07) is 6.06. The van der Waals surface area contributed by atoms with Crippen LogP contribution in [0.15, 0.2) is 35.5 Å². The number of fused-ring (bicyclic) bond motifs is 1. The van der Waals surface area contributed by atoms with Crippen LogP contribution in [-0.4, -0.2) is 38.3 Å². The Kier molecular flexibility index (Phi) is 5.51. The SMILES string of the molecule is CCOC(=O)CSc1nnc(C(C)C)c2cnn(-c3ccc(F)cc3)c12. The van der Waals surface area contributed by atoms with E-state index in [9.17, 15) is 9.18 Å². The van der Waals surface area contributed by atoms with Gasteiger partial charge in [0.2, 0.25) is 0 Å². The van der Waals surface area contributed by atoms with Gasteiger partial charge in [-0.2, -0.15) is 10.2 Å². The predicted octanol–water partition coefficient (Wildman–Crippen LogP) is 3.73. The van der Waals surface area contributed by atoms with E-state index in [4.69, 9.17) is 4.74 Å².